The fourth-order valence-corrected chi connectivity index (χ4v) is 2.78. The molecule has 3 heteroatoms. The molecule has 1 aliphatic rings. The molecule has 1 saturated heterocycles. The monoisotopic (exact) mass is 267 g/mol. The van der Waals surface area contributed by atoms with Crippen molar-refractivity contribution in [3.8, 4) is 11.1 Å². The Kier molecular flexibility index (Phi) is 3.81. The highest BCUT2D eigenvalue weighted by molar-refractivity contribution is 5.63. The second-order valence-electron chi connectivity index (χ2n) is 5.73. The summed E-state index contributed by atoms with van der Waals surface area (Å²) in [7, 11) is 0. The van der Waals surface area contributed by atoms with E-state index in [0.717, 1.165) is 26.1 Å². The number of aryl methyl sites for hydroxylation is 1. The Hall–Kier alpha value is -1.71. The van der Waals surface area contributed by atoms with Gasteiger partial charge in [-0.15, -0.1) is 0 Å². The molecule has 0 saturated carbocycles. The maximum absolute atomic E-state index is 5.94. The smallest absolute Gasteiger partial charge is 0.0346 e. The average Bonchev–Trinajstić information content (AvgIpc) is 2.85. The molecule has 1 atom stereocenters. The summed E-state index contributed by atoms with van der Waals surface area (Å²) < 4.78 is 0. The number of nitrogens with zero attached hydrogens (tertiary/aromatic N) is 2. The second-order valence-corrected chi connectivity index (χ2v) is 5.73. The van der Waals surface area contributed by atoms with E-state index in [2.05, 4.69) is 47.1 Å². The first kappa shape index (κ1) is 13.3. The highest BCUT2D eigenvalue weighted by atomic mass is 15.2. The minimum absolute atomic E-state index is 0.354. The average molecular weight is 267 g/mol. The molecule has 2 aromatic rings. The van der Waals surface area contributed by atoms with Gasteiger partial charge in [0.25, 0.3) is 0 Å². The van der Waals surface area contributed by atoms with Crippen LogP contribution in [0.4, 0.5) is 0 Å². The molecule has 1 aromatic carbocycles. The van der Waals surface area contributed by atoms with E-state index in [1.54, 1.807) is 0 Å². The summed E-state index contributed by atoms with van der Waals surface area (Å²) in [4.78, 5) is 6.68. The molecule has 3 nitrogen and oxygen atoms in total. The van der Waals surface area contributed by atoms with Gasteiger partial charge in [-0.05, 0) is 36.1 Å². The predicted octanol–water partition coefficient (Wildman–Crippen LogP) is 2.59. The van der Waals surface area contributed by atoms with Crippen LogP contribution in [-0.2, 0) is 6.54 Å². The third-order valence-corrected chi connectivity index (χ3v) is 3.88. The summed E-state index contributed by atoms with van der Waals surface area (Å²) >= 11 is 0. The van der Waals surface area contributed by atoms with Gasteiger partial charge in [-0.3, -0.25) is 9.88 Å². The van der Waals surface area contributed by atoms with Crippen molar-refractivity contribution in [3.05, 3.63) is 53.9 Å². The Morgan fingerprint density at radius 1 is 1.20 bits per heavy atom. The standard InChI is InChI=1S/C17H21N3/c1-13-8-16(10-19-9-13)15-4-2-14(3-5-15)11-20-7-6-17(18)12-20/h2-5,8-10,17H,6-7,11-12,18H2,1H3/t17-/m0/s1. The molecule has 0 unspecified atom stereocenters. The number of aromatic nitrogens is 1. The van der Waals surface area contributed by atoms with Gasteiger partial charge in [-0.25, -0.2) is 0 Å². The van der Waals surface area contributed by atoms with Gasteiger partial charge in [0.1, 0.15) is 0 Å². The fourth-order valence-electron chi connectivity index (χ4n) is 2.78. The molecule has 3 rings (SSSR count). The molecule has 0 spiro atoms. The van der Waals surface area contributed by atoms with Crippen LogP contribution in [0.1, 0.15) is 17.5 Å². The van der Waals surface area contributed by atoms with Crippen molar-refractivity contribution in [3.63, 3.8) is 0 Å². The summed E-state index contributed by atoms with van der Waals surface area (Å²) in [5.41, 5.74) is 10.9. The predicted molar refractivity (Wildman–Crippen MR) is 82.3 cm³/mol. The summed E-state index contributed by atoms with van der Waals surface area (Å²) in [6.45, 7) is 5.20. The van der Waals surface area contributed by atoms with Crippen molar-refractivity contribution in [1.82, 2.24) is 9.88 Å². The molecule has 0 bridgehead atoms. The lowest BCUT2D eigenvalue weighted by atomic mass is 10.0. The minimum atomic E-state index is 0.354. The van der Waals surface area contributed by atoms with E-state index in [9.17, 15) is 0 Å². The molecule has 2 heterocycles. The molecular formula is C17H21N3. The van der Waals surface area contributed by atoms with E-state index in [1.165, 1.54) is 22.3 Å². The summed E-state index contributed by atoms with van der Waals surface area (Å²) in [5.74, 6) is 0. The van der Waals surface area contributed by atoms with Crippen LogP contribution in [0, 0.1) is 6.92 Å². The van der Waals surface area contributed by atoms with Gasteiger partial charge >= 0.3 is 0 Å². The van der Waals surface area contributed by atoms with Crippen LogP contribution < -0.4 is 5.73 Å². The van der Waals surface area contributed by atoms with Gasteiger partial charge in [0, 0.05) is 43.6 Å². The SMILES string of the molecule is Cc1cncc(-c2ccc(CN3CC[C@H](N)C3)cc2)c1. The van der Waals surface area contributed by atoms with Crippen molar-refractivity contribution >= 4 is 0 Å². The lowest BCUT2D eigenvalue weighted by Crippen LogP contribution is -2.26. The number of benzene rings is 1. The number of hydrogen-bond acceptors (Lipinski definition) is 3. The van der Waals surface area contributed by atoms with E-state index in [1.807, 2.05) is 12.4 Å². The van der Waals surface area contributed by atoms with E-state index in [4.69, 9.17) is 5.73 Å². The van der Waals surface area contributed by atoms with E-state index >= 15 is 0 Å². The second kappa shape index (κ2) is 5.73. The maximum atomic E-state index is 5.94. The molecule has 0 amide bonds. The van der Waals surface area contributed by atoms with E-state index in [-0.39, 0.29) is 0 Å². The molecule has 1 aromatic heterocycles. The molecule has 1 fully saturated rings. The third kappa shape index (κ3) is 3.06. The van der Waals surface area contributed by atoms with Crippen molar-refractivity contribution in [2.45, 2.75) is 25.9 Å². The lowest BCUT2D eigenvalue weighted by Gasteiger charge is -2.15. The number of hydrogen-bond donors (Lipinski definition) is 1. The van der Waals surface area contributed by atoms with Crippen LogP contribution in [0.15, 0.2) is 42.7 Å². The molecule has 0 radical (unpaired) electrons. The first-order valence-corrected chi connectivity index (χ1v) is 7.19. The number of nitrogens with two attached hydrogens (primary N) is 1. The third-order valence-electron chi connectivity index (χ3n) is 3.88. The van der Waals surface area contributed by atoms with E-state index < -0.39 is 0 Å². The first-order valence-electron chi connectivity index (χ1n) is 7.19. The van der Waals surface area contributed by atoms with Gasteiger partial charge in [0.05, 0.1) is 0 Å². The van der Waals surface area contributed by atoms with Gasteiger partial charge in [-0.1, -0.05) is 24.3 Å². The summed E-state index contributed by atoms with van der Waals surface area (Å²) in [5, 5.41) is 0. The summed E-state index contributed by atoms with van der Waals surface area (Å²) in [6.07, 6.45) is 4.92. The van der Waals surface area contributed by atoms with Gasteiger partial charge in [0.15, 0.2) is 0 Å². The van der Waals surface area contributed by atoms with Crippen molar-refractivity contribution in [2.24, 2.45) is 5.73 Å². The van der Waals surface area contributed by atoms with Crippen LogP contribution in [0.5, 0.6) is 0 Å². The van der Waals surface area contributed by atoms with Crippen LogP contribution in [0.25, 0.3) is 11.1 Å². The van der Waals surface area contributed by atoms with Gasteiger partial charge in [0.2, 0.25) is 0 Å². The zero-order valence-corrected chi connectivity index (χ0v) is 11.9. The van der Waals surface area contributed by atoms with Gasteiger partial charge < -0.3 is 5.73 Å². The quantitative estimate of drug-likeness (QED) is 0.929. The minimum Gasteiger partial charge on any atom is -0.326 e. The zero-order chi connectivity index (χ0) is 13.9. The lowest BCUT2D eigenvalue weighted by molar-refractivity contribution is 0.327. The number of likely N-dealkylation sites (tertiary alicyclic amines) is 1. The normalized spacial score (nSPS) is 19.4. The summed E-state index contributed by atoms with van der Waals surface area (Å²) in [6, 6.07) is 11.3. The zero-order valence-electron chi connectivity index (χ0n) is 11.9. The van der Waals surface area contributed by atoms with Crippen LogP contribution in [0.3, 0.4) is 0 Å². The van der Waals surface area contributed by atoms with Gasteiger partial charge in [-0.2, -0.15) is 0 Å². The Morgan fingerprint density at radius 2 is 2.00 bits per heavy atom. The molecule has 104 valence electrons. The Bertz CT molecular complexity index is 577. The van der Waals surface area contributed by atoms with Crippen molar-refractivity contribution in [2.75, 3.05) is 13.1 Å². The van der Waals surface area contributed by atoms with Crippen molar-refractivity contribution < 1.29 is 0 Å². The first-order chi connectivity index (χ1) is 9.70. The molecule has 0 aliphatic carbocycles. The molecule has 20 heavy (non-hydrogen) atoms. The Labute approximate surface area is 120 Å². The van der Waals surface area contributed by atoms with Crippen LogP contribution in [0.2, 0.25) is 0 Å². The van der Waals surface area contributed by atoms with Crippen LogP contribution >= 0.6 is 0 Å². The highest BCUT2D eigenvalue weighted by Crippen LogP contribution is 2.21. The molecule has 1 aliphatic heterocycles. The number of rotatable bonds is 3. The Balaban J connectivity index is 1.71. The Morgan fingerprint density at radius 3 is 2.65 bits per heavy atom. The highest BCUT2D eigenvalue weighted by Gasteiger charge is 2.18. The van der Waals surface area contributed by atoms with E-state index in [0.29, 0.717) is 6.04 Å². The largest absolute Gasteiger partial charge is 0.326 e. The molecular weight excluding hydrogens is 246 g/mol. The van der Waals surface area contributed by atoms with Crippen LogP contribution in [-0.4, -0.2) is 29.0 Å². The number of pyridine rings is 1. The molecule has 2 N–H and O–H groups in total. The maximum Gasteiger partial charge on any atom is 0.0346 e. The topological polar surface area (TPSA) is 42.2 Å². The van der Waals surface area contributed by atoms with Crippen molar-refractivity contribution in [1.29, 1.82) is 0 Å². The fraction of sp³-hybridized carbons (Fsp3) is 0.353.